The largest absolute Gasteiger partial charge is 0.147 e. The number of rotatable bonds is 10. The quantitative estimate of drug-likeness (QED) is 0.231. The Labute approximate surface area is 217 Å². The minimum atomic E-state index is -2.93. The predicted molar refractivity (Wildman–Crippen MR) is 160 cm³/mol. The van der Waals surface area contributed by atoms with Crippen LogP contribution in [0.15, 0.2) is 41.4 Å². The van der Waals surface area contributed by atoms with Crippen LogP contribution in [0.5, 0.6) is 0 Å². The van der Waals surface area contributed by atoms with Crippen LogP contribution in [0.4, 0.5) is 0 Å². The van der Waals surface area contributed by atoms with Gasteiger partial charge in [0.05, 0.1) is 0 Å². The third-order valence-corrected chi connectivity index (χ3v) is 23.3. The van der Waals surface area contributed by atoms with E-state index in [4.69, 9.17) is 0 Å². The molecular weight excluding hydrogens is 515 g/mol. The van der Waals surface area contributed by atoms with Gasteiger partial charge in [-0.3, -0.25) is 0 Å². The summed E-state index contributed by atoms with van der Waals surface area (Å²) in [5.41, 5.74) is 3.55. The van der Waals surface area contributed by atoms with Crippen LogP contribution in [-0.2, 0) is 14.0 Å². The van der Waals surface area contributed by atoms with Crippen molar-refractivity contribution in [3.8, 4) is 0 Å². The van der Waals surface area contributed by atoms with Gasteiger partial charge in [0.1, 0.15) is 0 Å². The van der Waals surface area contributed by atoms with Crippen LogP contribution in [0, 0.1) is 0 Å². The molecule has 0 fully saturated rings. The summed E-state index contributed by atoms with van der Waals surface area (Å²) >= 11 is -2.93. The molecule has 0 saturated carbocycles. The Morgan fingerprint density at radius 1 is 0.719 bits per heavy atom. The summed E-state index contributed by atoms with van der Waals surface area (Å²) in [6.07, 6.45) is 16.0. The van der Waals surface area contributed by atoms with E-state index in [1.165, 1.54) is 51.4 Å². The van der Waals surface area contributed by atoms with Crippen LogP contribution >= 0.6 is 24.8 Å². The van der Waals surface area contributed by atoms with Crippen molar-refractivity contribution in [3.05, 3.63) is 41.4 Å². The molecule has 2 rings (SSSR count). The number of hydrogen-bond acceptors (Lipinski definition) is 0. The fourth-order valence-corrected chi connectivity index (χ4v) is 18.1. The maximum Gasteiger partial charge on any atom is -0.147 e. The summed E-state index contributed by atoms with van der Waals surface area (Å²) in [5.74, 6) is 0. The molecule has 0 radical (unpaired) electrons. The molecule has 186 valence electrons. The van der Waals surface area contributed by atoms with Crippen molar-refractivity contribution >= 4 is 48.6 Å². The molecule has 0 heterocycles. The third kappa shape index (κ3) is 7.45. The third-order valence-electron chi connectivity index (χ3n) is 7.67. The second-order valence-electron chi connectivity index (χ2n) is 13.1. The zero-order chi connectivity index (χ0) is 23.0. The molecule has 0 atom stereocenters. The SMILES string of the molecule is CCCCC1=[C]([Ti]([CH3])([CH3])(=[SiH2])[C]2=C(CCCC)C=C([Si](C)(C)C)C2)CC([Si](C)(C)C)=C1.Cl.Cl. The van der Waals surface area contributed by atoms with Gasteiger partial charge in [-0.15, -0.1) is 24.8 Å². The number of halogens is 2. The van der Waals surface area contributed by atoms with E-state index < -0.39 is 30.2 Å². The molecule has 0 aliphatic heterocycles. The Morgan fingerprint density at radius 2 is 1.03 bits per heavy atom. The maximum atomic E-state index is 2.78. The van der Waals surface area contributed by atoms with Crippen LogP contribution in [-0.4, -0.2) is 23.8 Å². The van der Waals surface area contributed by atoms with Gasteiger partial charge >= 0.3 is 194 Å². The van der Waals surface area contributed by atoms with Crippen LogP contribution in [0.1, 0.15) is 65.2 Å². The second kappa shape index (κ2) is 11.8. The molecule has 0 bridgehead atoms. The van der Waals surface area contributed by atoms with E-state index in [9.17, 15) is 0 Å². The van der Waals surface area contributed by atoms with Gasteiger partial charge in [0.2, 0.25) is 0 Å². The van der Waals surface area contributed by atoms with Gasteiger partial charge in [-0.2, -0.15) is 0 Å². The van der Waals surface area contributed by atoms with Crippen molar-refractivity contribution in [1.29, 1.82) is 0 Å². The Bertz CT molecular complexity index is 806. The Balaban J connectivity index is 0.00000480. The first kappa shape index (κ1) is 32.9. The first-order valence-corrected chi connectivity index (χ1v) is 28.2. The zero-order valence-corrected chi connectivity index (χ0v) is 29.4. The predicted octanol–water partition coefficient (Wildman–Crippen LogP) is 9.47. The first-order chi connectivity index (χ1) is 13.6. The van der Waals surface area contributed by atoms with Crippen LogP contribution in [0.3, 0.4) is 0 Å². The standard InChI is InChI=1S/2C12H21Si.2CH3.2ClH.H2Si.Ti/c2*1-5-6-7-11-8-9-12(10-11)13(2,3)4;;;;;;/h2*10H,5-7,9H2,1-4H3;2*1H3;2*1H;1H2;. The van der Waals surface area contributed by atoms with E-state index in [-0.39, 0.29) is 24.8 Å². The molecule has 0 nitrogen and oxygen atoms in total. The van der Waals surface area contributed by atoms with E-state index in [1.54, 1.807) is 11.1 Å². The van der Waals surface area contributed by atoms with Crippen LogP contribution in [0.2, 0.25) is 49.7 Å². The van der Waals surface area contributed by atoms with Crippen LogP contribution < -0.4 is 0 Å². The molecule has 0 spiro atoms. The topological polar surface area (TPSA) is 0 Å². The molecule has 0 amide bonds. The van der Waals surface area contributed by atoms with Gasteiger partial charge in [-0.1, -0.05) is 0 Å². The molecule has 2 aliphatic rings. The van der Waals surface area contributed by atoms with Gasteiger partial charge in [0.15, 0.2) is 0 Å². The van der Waals surface area contributed by atoms with Gasteiger partial charge in [0, 0.05) is 0 Å². The van der Waals surface area contributed by atoms with Crippen molar-refractivity contribution in [2.24, 2.45) is 0 Å². The van der Waals surface area contributed by atoms with Crippen molar-refractivity contribution in [3.63, 3.8) is 0 Å². The Hall–Kier alpha value is 0.905. The van der Waals surface area contributed by atoms with Crippen LogP contribution in [0.25, 0.3) is 0 Å². The maximum absolute atomic E-state index is 2.93. The molecule has 0 N–H and O–H groups in total. The molecule has 0 unspecified atom stereocenters. The normalized spacial score (nSPS) is 17.8. The fourth-order valence-electron chi connectivity index (χ4n) is 5.23. The van der Waals surface area contributed by atoms with Gasteiger partial charge in [-0.25, -0.2) is 0 Å². The Kier molecular flexibility index (Phi) is 12.1. The van der Waals surface area contributed by atoms with Gasteiger partial charge in [0.25, 0.3) is 0 Å². The average molecular weight is 568 g/mol. The molecule has 6 heteroatoms. The summed E-state index contributed by atoms with van der Waals surface area (Å²) in [4.78, 5) is 0. The van der Waals surface area contributed by atoms with Gasteiger partial charge in [-0.05, 0) is 0 Å². The summed E-state index contributed by atoms with van der Waals surface area (Å²) < 4.78 is 3.90. The zero-order valence-electron chi connectivity index (χ0n) is 22.8. The number of allylic oxidation sites excluding steroid dienone is 8. The van der Waals surface area contributed by atoms with Crippen molar-refractivity contribution in [2.45, 2.75) is 115 Å². The van der Waals surface area contributed by atoms with E-state index in [2.05, 4.69) is 83.4 Å². The van der Waals surface area contributed by atoms with Crippen molar-refractivity contribution < 1.29 is 14.0 Å². The first-order valence-electron chi connectivity index (χ1n) is 12.5. The van der Waals surface area contributed by atoms with E-state index >= 15 is 0 Å². The summed E-state index contributed by atoms with van der Waals surface area (Å²) in [6.45, 7) is 20.0. The van der Waals surface area contributed by atoms with E-state index in [1.807, 2.05) is 18.1 Å². The summed E-state index contributed by atoms with van der Waals surface area (Å²) in [7, 11) is -0.00838. The fraction of sp³-hybridized carbons (Fsp3) is 0.692. The molecule has 0 aromatic carbocycles. The van der Waals surface area contributed by atoms with Crippen molar-refractivity contribution in [2.75, 3.05) is 0 Å². The molecular formula is C26H52Cl2Si3Ti. The monoisotopic (exact) mass is 566 g/mol. The second-order valence-corrected chi connectivity index (χ2v) is 42.4. The number of hydrogen-bond donors (Lipinski definition) is 0. The number of unbranched alkanes of at least 4 members (excludes halogenated alkanes) is 2. The van der Waals surface area contributed by atoms with E-state index in [0.717, 1.165) is 0 Å². The summed E-state index contributed by atoms with van der Waals surface area (Å²) in [6, 6.07) is 0. The smallest absolute Gasteiger partial charge is 0.147 e. The summed E-state index contributed by atoms with van der Waals surface area (Å²) in [5, 5.41) is 9.20. The molecule has 32 heavy (non-hydrogen) atoms. The molecule has 0 aromatic rings. The van der Waals surface area contributed by atoms with Crippen molar-refractivity contribution in [1.82, 2.24) is 0 Å². The minimum absolute atomic E-state index is 0. The molecule has 2 aliphatic carbocycles. The van der Waals surface area contributed by atoms with E-state index in [0.29, 0.717) is 0 Å². The Morgan fingerprint density at radius 3 is 1.28 bits per heavy atom. The minimum Gasteiger partial charge on any atom is -0.147 e. The molecule has 0 aromatic heterocycles. The average Bonchev–Trinajstić information content (AvgIpc) is 3.22. The van der Waals surface area contributed by atoms with Gasteiger partial charge < -0.3 is 0 Å². The molecule has 0 saturated heterocycles.